The fourth-order valence-corrected chi connectivity index (χ4v) is 3.66. The monoisotopic (exact) mass is 397 g/mol. The zero-order valence-electron chi connectivity index (χ0n) is 16.0. The van der Waals surface area contributed by atoms with E-state index < -0.39 is 0 Å². The van der Waals surface area contributed by atoms with Gasteiger partial charge in [-0.25, -0.2) is 0 Å². The van der Waals surface area contributed by atoms with E-state index in [1.165, 1.54) is 0 Å². The van der Waals surface area contributed by atoms with Crippen molar-refractivity contribution in [1.82, 2.24) is 4.90 Å². The molecule has 0 spiro atoms. The van der Waals surface area contributed by atoms with Crippen molar-refractivity contribution in [2.45, 2.75) is 19.3 Å². The van der Waals surface area contributed by atoms with Gasteiger partial charge in [0, 0.05) is 37.6 Å². The van der Waals surface area contributed by atoms with Crippen molar-refractivity contribution in [1.29, 1.82) is 5.26 Å². The SMILES string of the molecule is COc1ccc(CCC(=O)N2CCCN(c3ccc(Cl)cc3C#N)CC2)cc1. The number of hydrogen-bond donors (Lipinski definition) is 0. The molecule has 2 aromatic carbocycles. The van der Waals surface area contributed by atoms with Crippen LogP contribution in [-0.2, 0) is 11.2 Å². The van der Waals surface area contributed by atoms with Crippen molar-refractivity contribution in [3.63, 3.8) is 0 Å². The number of amides is 1. The normalized spacial score (nSPS) is 14.3. The van der Waals surface area contributed by atoms with E-state index in [4.69, 9.17) is 16.3 Å². The first-order valence-corrected chi connectivity index (χ1v) is 9.84. The van der Waals surface area contributed by atoms with Crippen molar-refractivity contribution < 1.29 is 9.53 Å². The van der Waals surface area contributed by atoms with E-state index in [0.717, 1.165) is 42.9 Å². The number of carbonyl (C=O) groups is 1. The second-order valence-electron chi connectivity index (χ2n) is 6.84. The molecule has 0 unspecified atom stereocenters. The van der Waals surface area contributed by atoms with E-state index in [1.807, 2.05) is 35.2 Å². The predicted octanol–water partition coefficient (Wildman–Crippen LogP) is 3.89. The van der Waals surface area contributed by atoms with Crippen molar-refractivity contribution in [3.8, 4) is 11.8 Å². The quantitative estimate of drug-likeness (QED) is 0.768. The van der Waals surface area contributed by atoms with Crippen molar-refractivity contribution in [3.05, 3.63) is 58.6 Å². The number of aryl methyl sites for hydroxylation is 1. The summed E-state index contributed by atoms with van der Waals surface area (Å²) in [6.07, 6.45) is 2.09. The number of ether oxygens (including phenoxy) is 1. The maximum atomic E-state index is 12.7. The first-order valence-electron chi connectivity index (χ1n) is 9.46. The highest BCUT2D eigenvalue weighted by molar-refractivity contribution is 6.30. The molecule has 28 heavy (non-hydrogen) atoms. The van der Waals surface area contributed by atoms with Gasteiger partial charge in [-0.1, -0.05) is 23.7 Å². The van der Waals surface area contributed by atoms with Crippen molar-refractivity contribution in [2.75, 3.05) is 38.2 Å². The highest BCUT2D eigenvalue weighted by atomic mass is 35.5. The molecule has 5 nitrogen and oxygen atoms in total. The molecule has 0 radical (unpaired) electrons. The Labute approximate surface area is 171 Å². The van der Waals surface area contributed by atoms with Crippen LogP contribution < -0.4 is 9.64 Å². The summed E-state index contributed by atoms with van der Waals surface area (Å²) in [6, 6.07) is 15.4. The molecule has 1 amide bonds. The van der Waals surface area contributed by atoms with Crippen LogP contribution in [0.4, 0.5) is 5.69 Å². The van der Waals surface area contributed by atoms with E-state index in [-0.39, 0.29) is 5.91 Å². The van der Waals surface area contributed by atoms with Gasteiger partial charge < -0.3 is 14.5 Å². The Morgan fingerprint density at radius 1 is 1.14 bits per heavy atom. The van der Waals surface area contributed by atoms with Gasteiger partial charge in [0.15, 0.2) is 0 Å². The van der Waals surface area contributed by atoms with Crippen LogP contribution in [0.3, 0.4) is 0 Å². The fraction of sp³-hybridized carbons (Fsp3) is 0.364. The lowest BCUT2D eigenvalue weighted by molar-refractivity contribution is -0.130. The van der Waals surface area contributed by atoms with Crippen LogP contribution in [0.25, 0.3) is 0 Å². The Morgan fingerprint density at radius 3 is 2.64 bits per heavy atom. The second-order valence-corrected chi connectivity index (χ2v) is 7.28. The average molecular weight is 398 g/mol. The smallest absolute Gasteiger partial charge is 0.222 e. The molecule has 0 N–H and O–H groups in total. The molecule has 0 atom stereocenters. The molecule has 0 aromatic heterocycles. The molecule has 1 fully saturated rings. The summed E-state index contributed by atoms with van der Waals surface area (Å²) in [7, 11) is 1.64. The summed E-state index contributed by atoms with van der Waals surface area (Å²) >= 11 is 6.00. The summed E-state index contributed by atoms with van der Waals surface area (Å²) < 4.78 is 5.17. The standard InChI is InChI=1S/C22H24ClN3O2/c1-28-20-7-3-17(4-8-20)5-10-22(27)26-12-2-11-25(13-14-26)21-9-6-19(23)15-18(21)16-24/h3-4,6-9,15H,2,5,10-14H2,1H3. The molecule has 1 heterocycles. The van der Waals surface area contributed by atoms with Crippen LogP contribution >= 0.6 is 11.6 Å². The van der Waals surface area contributed by atoms with E-state index >= 15 is 0 Å². The largest absolute Gasteiger partial charge is 0.497 e. The van der Waals surface area contributed by atoms with Crippen LogP contribution in [0.5, 0.6) is 5.75 Å². The lowest BCUT2D eigenvalue weighted by Gasteiger charge is -2.24. The lowest BCUT2D eigenvalue weighted by Crippen LogP contribution is -2.35. The zero-order chi connectivity index (χ0) is 19.9. The average Bonchev–Trinajstić information content (AvgIpc) is 2.98. The number of methoxy groups -OCH3 is 1. The third kappa shape index (κ3) is 4.96. The summed E-state index contributed by atoms with van der Waals surface area (Å²) in [5.41, 5.74) is 2.59. The van der Waals surface area contributed by atoms with Gasteiger partial charge >= 0.3 is 0 Å². The van der Waals surface area contributed by atoms with E-state index in [2.05, 4.69) is 11.0 Å². The number of rotatable bonds is 5. The van der Waals surface area contributed by atoms with Crippen molar-refractivity contribution in [2.24, 2.45) is 0 Å². The molecule has 0 bridgehead atoms. The first kappa shape index (κ1) is 20.0. The van der Waals surface area contributed by atoms with Crippen LogP contribution in [0.2, 0.25) is 5.02 Å². The summed E-state index contributed by atoms with van der Waals surface area (Å²) in [4.78, 5) is 16.8. The Kier molecular flexibility index (Phi) is 6.78. The molecule has 2 aromatic rings. The Balaban J connectivity index is 1.57. The van der Waals surface area contributed by atoms with Gasteiger partial charge in [0.25, 0.3) is 0 Å². The topological polar surface area (TPSA) is 56.6 Å². The number of benzene rings is 2. The van der Waals surface area contributed by atoms with Crippen LogP contribution in [0.1, 0.15) is 24.0 Å². The second kappa shape index (κ2) is 9.48. The number of nitriles is 1. The van der Waals surface area contributed by atoms with Gasteiger partial charge in [0.2, 0.25) is 5.91 Å². The lowest BCUT2D eigenvalue weighted by atomic mass is 10.1. The van der Waals surface area contributed by atoms with Crippen LogP contribution in [-0.4, -0.2) is 44.1 Å². The van der Waals surface area contributed by atoms with E-state index in [0.29, 0.717) is 30.1 Å². The molecular formula is C22H24ClN3O2. The van der Waals surface area contributed by atoms with Gasteiger partial charge in [-0.05, 0) is 48.7 Å². The number of anilines is 1. The third-order valence-corrected chi connectivity index (χ3v) is 5.29. The number of halogens is 1. The molecular weight excluding hydrogens is 374 g/mol. The van der Waals surface area contributed by atoms with E-state index in [9.17, 15) is 10.1 Å². The first-order chi connectivity index (χ1) is 13.6. The van der Waals surface area contributed by atoms with Gasteiger partial charge in [-0.15, -0.1) is 0 Å². The number of carbonyl (C=O) groups excluding carboxylic acids is 1. The minimum absolute atomic E-state index is 0.175. The maximum Gasteiger partial charge on any atom is 0.222 e. The highest BCUT2D eigenvalue weighted by Gasteiger charge is 2.20. The minimum atomic E-state index is 0.175. The minimum Gasteiger partial charge on any atom is -0.497 e. The van der Waals surface area contributed by atoms with Crippen molar-refractivity contribution >= 4 is 23.2 Å². The Bertz CT molecular complexity index is 861. The van der Waals surface area contributed by atoms with Gasteiger partial charge in [0.05, 0.1) is 18.4 Å². The van der Waals surface area contributed by atoms with Gasteiger partial charge in [0.1, 0.15) is 11.8 Å². The van der Waals surface area contributed by atoms with Gasteiger partial charge in [-0.3, -0.25) is 4.79 Å². The molecule has 146 valence electrons. The van der Waals surface area contributed by atoms with E-state index in [1.54, 1.807) is 19.2 Å². The molecule has 0 aliphatic carbocycles. The zero-order valence-corrected chi connectivity index (χ0v) is 16.8. The highest BCUT2D eigenvalue weighted by Crippen LogP contribution is 2.25. The molecule has 6 heteroatoms. The molecule has 3 rings (SSSR count). The molecule has 0 saturated carbocycles. The summed E-state index contributed by atoms with van der Waals surface area (Å²) in [6.45, 7) is 2.94. The summed E-state index contributed by atoms with van der Waals surface area (Å²) in [5, 5.41) is 9.95. The fourth-order valence-electron chi connectivity index (χ4n) is 3.48. The molecule has 1 saturated heterocycles. The Morgan fingerprint density at radius 2 is 1.93 bits per heavy atom. The predicted molar refractivity (Wildman–Crippen MR) is 111 cm³/mol. The molecule has 1 aliphatic heterocycles. The number of nitrogens with zero attached hydrogens (tertiary/aromatic N) is 3. The van der Waals surface area contributed by atoms with Gasteiger partial charge in [-0.2, -0.15) is 5.26 Å². The third-order valence-electron chi connectivity index (χ3n) is 5.05. The number of hydrogen-bond acceptors (Lipinski definition) is 4. The maximum absolute atomic E-state index is 12.7. The van der Waals surface area contributed by atoms with Crippen LogP contribution in [0.15, 0.2) is 42.5 Å². The Hall–Kier alpha value is -2.71. The molecule has 1 aliphatic rings. The summed E-state index contributed by atoms with van der Waals surface area (Å²) in [5.74, 6) is 0.996. The van der Waals surface area contributed by atoms with Crippen LogP contribution in [0, 0.1) is 11.3 Å².